The van der Waals surface area contributed by atoms with Gasteiger partial charge >= 0.3 is 5.97 Å². The van der Waals surface area contributed by atoms with Crippen molar-refractivity contribution >= 4 is 17.7 Å². The Kier molecular flexibility index (Phi) is 3.96. The predicted octanol–water partition coefficient (Wildman–Crippen LogP) is 0.772. The molecule has 0 saturated carbocycles. The molecule has 92 valence electrons. The van der Waals surface area contributed by atoms with E-state index >= 15 is 0 Å². The highest BCUT2D eigenvalue weighted by Crippen LogP contribution is 2.18. The van der Waals surface area contributed by atoms with Crippen LogP contribution in [0.25, 0.3) is 0 Å². The summed E-state index contributed by atoms with van der Waals surface area (Å²) in [7, 11) is 1.38. The first-order chi connectivity index (χ1) is 8.26. The average Bonchev–Trinajstić information content (AvgIpc) is 2.37. The van der Waals surface area contributed by atoms with Crippen molar-refractivity contribution in [2.45, 2.75) is 18.7 Å². The van der Waals surface area contributed by atoms with Gasteiger partial charge < -0.3 is 10.1 Å². The molecule has 1 aliphatic rings. The molecular formula is C11H15N3O2S. The van der Waals surface area contributed by atoms with Crippen LogP contribution in [0, 0.1) is 0 Å². The van der Waals surface area contributed by atoms with E-state index in [9.17, 15) is 4.79 Å². The van der Waals surface area contributed by atoms with Crippen molar-refractivity contribution in [3.8, 4) is 0 Å². The highest BCUT2D eigenvalue weighted by molar-refractivity contribution is 7.97. The molecule has 0 spiro atoms. The van der Waals surface area contributed by atoms with Gasteiger partial charge in [0.1, 0.15) is 5.82 Å². The summed E-state index contributed by atoms with van der Waals surface area (Å²) in [5, 5.41) is 3.22. The fourth-order valence-corrected chi connectivity index (χ4v) is 2.24. The van der Waals surface area contributed by atoms with E-state index in [0.717, 1.165) is 24.2 Å². The first kappa shape index (κ1) is 12.3. The zero-order valence-corrected chi connectivity index (χ0v) is 10.8. The largest absolute Gasteiger partial charge is 0.464 e. The maximum atomic E-state index is 11.7. The molecule has 0 saturated heterocycles. The van der Waals surface area contributed by atoms with E-state index in [1.54, 1.807) is 11.8 Å². The minimum absolute atomic E-state index is 0.380. The number of aromatic nitrogens is 2. The quantitative estimate of drug-likeness (QED) is 0.803. The van der Waals surface area contributed by atoms with Gasteiger partial charge in [0.2, 0.25) is 0 Å². The van der Waals surface area contributed by atoms with Crippen LogP contribution in [-0.4, -0.2) is 35.8 Å². The number of esters is 1. The van der Waals surface area contributed by atoms with E-state index in [-0.39, 0.29) is 5.97 Å². The Labute approximate surface area is 104 Å². The fourth-order valence-electron chi connectivity index (χ4n) is 1.85. The number of methoxy groups -OCH3 is 1. The Balaban J connectivity index is 2.46. The van der Waals surface area contributed by atoms with Crippen molar-refractivity contribution in [3.63, 3.8) is 0 Å². The van der Waals surface area contributed by atoms with E-state index in [1.165, 1.54) is 7.11 Å². The zero-order chi connectivity index (χ0) is 12.3. The molecule has 0 aromatic carbocycles. The van der Waals surface area contributed by atoms with Crippen LogP contribution < -0.4 is 5.32 Å². The van der Waals surface area contributed by atoms with Gasteiger partial charge in [0, 0.05) is 25.1 Å². The molecule has 0 unspecified atom stereocenters. The van der Waals surface area contributed by atoms with Crippen LogP contribution in [0.3, 0.4) is 0 Å². The normalized spacial score (nSPS) is 14.2. The van der Waals surface area contributed by atoms with E-state index in [4.69, 9.17) is 4.74 Å². The maximum Gasteiger partial charge on any atom is 0.357 e. The van der Waals surface area contributed by atoms with Gasteiger partial charge in [-0.05, 0) is 6.26 Å². The molecule has 0 atom stereocenters. The number of carbonyl (C=O) groups excluding carboxylic acids is 1. The lowest BCUT2D eigenvalue weighted by Crippen LogP contribution is -2.28. The Morgan fingerprint density at radius 1 is 1.53 bits per heavy atom. The third-order valence-electron chi connectivity index (χ3n) is 2.63. The van der Waals surface area contributed by atoms with Crippen LogP contribution in [0.2, 0.25) is 0 Å². The molecule has 2 heterocycles. The van der Waals surface area contributed by atoms with Crippen LogP contribution >= 0.6 is 11.8 Å². The van der Waals surface area contributed by atoms with E-state index in [2.05, 4.69) is 15.3 Å². The van der Waals surface area contributed by atoms with Gasteiger partial charge in [-0.25, -0.2) is 14.8 Å². The molecule has 0 radical (unpaired) electrons. The highest BCUT2D eigenvalue weighted by atomic mass is 32.2. The van der Waals surface area contributed by atoms with Crippen LogP contribution in [0.1, 0.15) is 27.6 Å². The highest BCUT2D eigenvalue weighted by Gasteiger charge is 2.22. The number of nitrogens with one attached hydrogen (secondary N) is 1. The second-order valence-corrected chi connectivity index (χ2v) is 4.63. The van der Waals surface area contributed by atoms with Gasteiger partial charge in [0.05, 0.1) is 18.6 Å². The number of carbonyl (C=O) groups is 1. The molecule has 2 rings (SSSR count). The monoisotopic (exact) mass is 253 g/mol. The number of hydrogen-bond donors (Lipinski definition) is 1. The van der Waals surface area contributed by atoms with Gasteiger partial charge in [-0.3, -0.25) is 0 Å². The second kappa shape index (κ2) is 5.46. The number of rotatable bonds is 3. The molecule has 0 fully saturated rings. The Hall–Kier alpha value is -1.14. The summed E-state index contributed by atoms with van der Waals surface area (Å²) in [5.41, 5.74) is 2.27. The minimum atomic E-state index is -0.380. The molecular weight excluding hydrogens is 238 g/mol. The second-order valence-electron chi connectivity index (χ2n) is 3.77. The molecule has 17 heavy (non-hydrogen) atoms. The minimum Gasteiger partial charge on any atom is -0.464 e. The number of hydrogen-bond acceptors (Lipinski definition) is 6. The van der Waals surface area contributed by atoms with Crippen molar-refractivity contribution < 1.29 is 9.53 Å². The summed E-state index contributed by atoms with van der Waals surface area (Å²) in [4.78, 5) is 20.5. The molecule has 0 amide bonds. The summed E-state index contributed by atoms with van der Waals surface area (Å²) in [6, 6.07) is 0. The first-order valence-electron chi connectivity index (χ1n) is 5.43. The number of ether oxygens (including phenoxy) is 1. The van der Waals surface area contributed by atoms with Crippen LogP contribution in [-0.2, 0) is 23.5 Å². The first-order valence-corrected chi connectivity index (χ1v) is 6.82. The predicted molar refractivity (Wildman–Crippen MR) is 66.0 cm³/mol. The van der Waals surface area contributed by atoms with E-state index in [0.29, 0.717) is 23.8 Å². The average molecular weight is 253 g/mol. The fraction of sp³-hybridized carbons (Fsp3) is 0.545. The summed E-state index contributed by atoms with van der Waals surface area (Å²) in [5.74, 6) is 1.04. The van der Waals surface area contributed by atoms with E-state index < -0.39 is 0 Å². The summed E-state index contributed by atoms with van der Waals surface area (Å²) >= 11 is 1.64. The van der Waals surface area contributed by atoms with Gasteiger partial charge in [-0.1, -0.05) is 0 Å². The molecule has 1 aliphatic heterocycles. The SMILES string of the molecule is COC(=O)c1nc(CSC)nc2c1CNCC2. The van der Waals surface area contributed by atoms with Crippen molar-refractivity contribution in [1.29, 1.82) is 0 Å². The Bertz CT molecular complexity index is 437. The topological polar surface area (TPSA) is 64.1 Å². The van der Waals surface area contributed by atoms with Gasteiger partial charge in [-0.2, -0.15) is 11.8 Å². The van der Waals surface area contributed by atoms with Crippen molar-refractivity contribution in [3.05, 3.63) is 22.8 Å². The smallest absolute Gasteiger partial charge is 0.357 e. The summed E-state index contributed by atoms with van der Waals surface area (Å²) in [6.45, 7) is 1.53. The third-order valence-corrected chi connectivity index (χ3v) is 3.18. The Morgan fingerprint density at radius 3 is 3.06 bits per heavy atom. The zero-order valence-electron chi connectivity index (χ0n) is 9.95. The van der Waals surface area contributed by atoms with Crippen molar-refractivity contribution in [2.75, 3.05) is 19.9 Å². The lowest BCUT2D eigenvalue weighted by Gasteiger charge is -2.18. The lowest BCUT2D eigenvalue weighted by molar-refractivity contribution is 0.0591. The van der Waals surface area contributed by atoms with E-state index in [1.807, 2.05) is 6.26 Å². The summed E-state index contributed by atoms with van der Waals surface area (Å²) < 4.78 is 4.77. The van der Waals surface area contributed by atoms with Crippen LogP contribution in [0.5, 0.6) is 0 Å². The van der Waals surface area contributed by atoms with Crippen LogP contribution in [0.4, 0.5) is 0 Å². The molecule has 6 heteroatoms. The molecule has 0 bridgehead atoms. The lowest BCUT2D eigenvalue weighted by atomic mass is 10.1. The Morgan fingerprint density at radius 2 is 2.35 bits per heavy atom. The van der Waals surface area contributed by atoms with Crippen LogP contribution in [0.15, 0.2) is 0 Å². The standard InChI is InChI=1S/C11H15N3O2S/c1-16-11(15)10-7-5-12-4-3-8(7)13-9(14-10)6-17-2/h12H,3-6H2,1-2H3. The third kappa shape index (κ3) is 2.58. The summed E-state index contributed by atoms with van der Waals surface area (Å²) in [6.07, 6.45) is 2.82. The van der Waals surface area contributed by atoms with Gasteiger partial charge in [0.15, 0.2) is 5.69 Å². The number of fused-ring (bicyclic) bond motifs is 1. The molecule has 1 N–H and O–H groups in total. The number of thioether (sulfide) groups is 1. The van der Waals surface area contributed by atoms with Crippen molar-refractivity contribution in [2.24, 2.45) is 0 Å². The molecule has 1 aromatic rings. The maximum absolute atomic E-state index is 11.7. The molecule has 0 aliphatic carbocycles. The van der Waals surface area contributed by atoms with Gasteiger partial charge in [0.25, 0.3) is 0 Å². The molecule has 5 nitrogen and oxygen atoms in total. The van der Waals surface area contributed by atoms with Crippen molar-refractivity contribution in [1.82, 2.24) is 15.3 Å². The molecule has 1 aromatic heterocycles. The van der Waals surface area contributed by atoms with Gasteiger partial charge in [-0.15, -0.1) is 0 Å². The number of nitrogens with zero attached hydrogens (tertiary/aromatic N) is 2.